The highest BCUT2D eigenvalue weighted by atomic mass is 19.1. The first-order valence-electron chi connectivity index (χ1n) is 8.13. The molecule has 26 heavy (non-hydrogen) atoms. The van der Waals surface area contributed by atoms with Gasteiger partial charge in [-0.3, -0.25) is 9.78 Å². The molecular weight excluding hydrogens is 335 g/mol. The first-order valence-corrected chi connectivity index (χ1v) is 8.13. The number of rotatable bonds is 6. The molecule has 3 aromatic rings. The van der Waals surface area contributed by atoms with Crippen molar-refractivity contribution in [2.75, 3.05) is 0 Å². The van der Waals surface area contributed by atoms with E-state index in [0.29, 0.717) is 29.2 Å². The van der Waals surface area contributed by atoms with Crippen LogP contribution in [0.15, 0.2) is 43.1 Å². The molecule has 0 N–H and O–H groups in total. The van der Waals surface area contributed by atoms with E-state index in [-0.39, 0.29) is 17.9 Å². The van der Waals surface area contributed by atoms with Gasteiger partial charge in [-0.25, -0.2) is 19.3 Å². The lowest BCUT2D eigenvalue weighted by atomic mass is 10.1. The number of nitrogens with zero attached hydrogens (tertiary/aromatic N) is 4. The molecule has 0 aliphatic carbocycles. The first kappa shape index (κ1) is 17.6. The molecule has 0 spiro atoms. The highest BCUT2D eigenvalue weighted by molar-refractivity contribution is 5.96. The van der Waals surface area contributed by atoms with Gasteiger partial charge in [0.15, 0.2) is 11.5 Å². The fraction of sp³-hybridized carbons (Fsp3) is 0.211. The van der Waals surface area contributed by atoms with Crippen LogP contribution in [0.3, 0.4) is 0 Å². The number of ether oxygens (including phenoxy) is 1. The van der Waals surface area contributed by atoms with Crippen LogP contribution >= 0.6 is 0 Å². The van der Waals surface area contributed by atoms with Gasteiger partial charge in [0.2, 0.25) is 0 Å². The van der Waals surface area contributed by atoms with Gasteiger partial charge in [-0.05, 0) is 25.0 Å². The van der Waals surface area contributed by atoms with Crippen LogP contribution in [0.1, 0.15) is 34.4 Å². The Balaban J connectivity index is 1.84. The van der Waals surface area contributed by atoms with Crippen LogP contribution in [-0.4, -0.2) is 25.7 Å². The Labute approximate surface area is 150 Å². The number of hydrogen-bond donors (Lipinski definition) is 0. The second-order valence-electron chi connectivity index (χ2n) is 5.73. The number of aromatic nitrogens is 4. The number of Topliss-reactive ketones (excluding diaryl/α,β-unsaturated/α-hetero) is 1. The van der Waals surface area contributed by atoms with Gasteiger partial charge in [0, 0.05) is 23.5 Å². The molecule has 0 fully saturated rings. The number of ketones is 1. The SMILES string of the molecule is CCc1cc(Oc2cncnc2)cc(C(=O)Cc2cc(C)c(F)cn2)n1. The third kappa shape index (κ3) is 4.24. The van der Waals surface area contributed by atoms with Gasteiger partial charge >= 0.3 is 0 Å². The van der Waals surface area contributed by atoms with E-state index in [9.17, 15) is 9.18 Å². The fourth-order valence-electron chi connectivity index (χ4n) is 2.37. The van der Waals surface area contributed by atoms with Gasteiger partial charge < -0.3 is 4.74 Å². The van der Waals surface area contributed by atoms with E-state index < -0.39 is 5.82 Å². The molecule has 0 amide bonds. The number of hydrogen-bond acceptors (Lipinski definition) is 6. The van der Waals surface area contributed by atoms with Gasteiger partial charge in [0.05, 0.1) is 25.0 Å². The summed E-state index contributed by atoms with van der Waals surface area (Å²) in [7, 11) is 0. The second-order valence-corrected chi connectivity index (χ2v) is 5.73. The summed E-state index contributed by atoms with van der Waals surface area (Å²) in [6, 6.07) is 4.91. The Bertz CT molecular complexity index is 932. The molecule has 0 aromatic carbocycles. The Morgan fingerprint density at radius 1 is 1.08 bits per heavy atom. The lowest BCUT2D eigenvalue weighted by molar-refractivity contribution is 0.0986. The van der Waals surface area contributed by atoms with Crippen LogP contribution in [0.5, 0.6) is 11.5 Å². The zero-order valence-corrected chi connectivity index (χ0v) is 14.4. The Morgan fingerprint density at radius 3 is 2.54 bits per heavy atom. The van der Waals surface area contributed by atoms with Gasteiger partial charge in [0.1, 0.15) is 23.6 Å². The average molecular weight is 352 g/mol. The Morgan fingerprint density at radius 2 is 1.85 bits per heavy atom. The van der Waals surface area contributed by atoms with Crippen molar-refractivity contribution in [1.29, 1.82) is 0 Å². The highest BCUT2D eigenvalue weighted by Gasteiger charge is 2.14. The van der Waals surface area contributed by atoms with Crippen LogP contribution in [0.2, 0.25) is 0 Å². The van der Waals surface area contributed by atoms with Crippen molar-refractivity contribution in [2.45, 2.75) is 26.7 Å². The quantitative estimate of drug-likeness (QED) is 0.632. The lowest BCUT2D eigenvalue weighted by Crippen LogP contribution is -2.09. The first-order chi connectivity index (χ1) is 12.5. The van der Waals surface area contributed by atoms with Crippen LogP contribution in [-0.2, 0) is 12.8 Å². The predicted molar refractivity (Wildman–Crippen MR) is 92.7 cm³/mol. The third-order valence-electron chi connectivity index (χ3n) is 3.72. The molecule has 0 aliphatic rings. The molecule has 132 valence electrons. The maximum atomic E-state index is 13.3. The minimum Gasteiger partial charge on any atom is -0.454 e. The standard InChI is InChI=1S/C19H17FN4O2/c1-3-13-5-15(26-16-8-21-11-22-9-16)7-18(24-13)19(25)6-14-4-12(2)17(20)10-23-14/h4-5,7-11H,3,6H2,1-2H3. The Hall–Kier alpha value is -3.22. The minimum atomic E-state index is -0.395. The molecule has 7 heteroatoms. The van der Waals surface area contributed by atoms with Crippen molar-refractivity contribution >= 4 is 5.78 Å². The second kappa shape index (κ2) is 7.77. The number of carbonyl (C=O) groups is 1. The summed E-state index contributed by atoms with van der Waals surface area (Å²) < 4.78 is 19.0. The number of halogens is 1. The molecule has 0 saturated heterocycles. The van der Waals surface area contributed by atoms with E-state index in [1.807, 2.05) is 6.92 Å². The van der Waals surface area contributed by atoms with E-state index in [1.165, 1.54) is 18.7 Å². The van der Waals surface area contributed by atoms with Crippen molar-refractivity contribution in [2.24, 2.45) is 0 Å². The summed E-state index contributed by atoms with van der Waals surface area (Å²) in [5.74, 6) is 0.342. The van der Waals surface area contributed by atoms with Crippen LogP contribution in [0, 0.1) is 12.7 Å². The molecule has 0 bridgehead atoms. The van der Waals surface area contributed by atoms with E-state index in [1.54, 1.807) is 25.1 Å². The molecule has 3 aromatic heterocycles. The van der Waals surface area contributed by atoms with Crippen molar-refractivity contribution in [1.82, 2.24) is 19.9 Å². The maximum absolute atomic E-state index is 13.3. The van der Waals surface area contributed by atoms with Crippen LogP contribution in [0.4, 0.5) is 4.39 Å². The van der Waals surface area contributed by atoms with Gasteiger partial charge in [-0.1, -0.05) is 6.92 Å². The van der Waals surface area contributed by atoms with E-state index in [4.69, 9.17) is 4.74 Å². The summed E-state index contributed by atoms with van der Waals surface area (Å²) in [6.07, 6.45) is 6.28. The molecule has 0 radical (unpaired) electrons. The molecular formula is C19H17FN4O2. The lowest BCUT2D eigenvalue weighted by Gasteiger charge is -2.09. The number of pyridine rings is 2. The summed E-state index contributed by atoms with van der Waals surface area (Å²) in [6.45, 7) is 3.58. The monoisotopic (exact) mass is 352 g/mol. The smallest absolute Gasteiger partial charge is 0.187 e. The normalized spacial score (nSPS) is 10.6. The van der Waals surface area contributed by atoms with Gasteiger partial charge in [-0.15, -0.1) is 0 Å². The Kier molecular flexibility index (Phi) is 5.26. The molecule has 0 aliphatic heterocycles. The fourth-order valence-corrected chi connectivity index (χ4v) is 2.37. The predicted octanol–water partition coefficient (Wildman–Crippen LogP) is 3.49. The van der Waals surface area contributed by atoms with Gasteiger partial charge in [-0.2, -0.15) is 0 Å². The molecule has 0 atom stereocenters. The minimum absolute atomic E-state index is 0.0369. The summed E-state index contributed by atoms with van der Waals surface area (Å²) in [4.78, 5) is 28.7. The van der Waals surface area contributed by atoms with Crippen molar-refractivity contribution < 1.29 is 13.9 Å². The van der Waals surface area contributed by atoms with E-state index in [0.717, 1.165) is 11.9 Å². The topological polar surface area (TPSA) is 77.9 Å². The zero-order valence-electron chi connectivity index (χ0n) is 14.4. The largest absolute Gasteiger partial charge is 0.454 e. The maximum Gasteiger partial charge on any atom is 0.187 e. The van der Waals surface area contributed by atoms with Crippen molar-refractivity contribution in [3.05, 3.63) is 71.6 Å². The molecule has 0 unspecified atom stereocenters. The number of carbonyl (C=O) groups excluding carboxylic acids is 1. The summed E-state index contributed by atoms with van der Waals surface area (Å²) in [5, 5.41) is 0. The van der Waals surface area contributed by atoms with Crippen molar-refractivity contribution in [3.63, 3.8) is 0 Å². The van der Waals surface area contributed by atoms with E-state index in [2.05, 4.69) is 19.9 Å². The van der Waals surface area contributed by atoms with E-state index >= 15 is 0 Å². The average Bonchev–Trinajstić information content (AvgIpc) is 2.65. The highest BCUT2D eigenvalue weighted by Crippen LogP contribution is 2.22. The third-order valence-corrected chi connectivity index (χ3v) is 3.72. The summed E-state index contributed by atoms with van der Waals surface area (Å²) >= 11 is 0. The summed E-state index contributed by atoms with van der Waals surface area (Å²) in [5.41, 5.74) is 1.95. The molecule has 3 rings (SSSR count). The zero-order chi connectivity index (χ0) is 18.5. The molecule has 3 heterocycles. The molecule has 6 nitrogen and oxygen atoms in total. The molecule has 0 saturated carbocycles. The van der Waals surface area contributed by atoms with Gasteiger partial charge in [0.25, 0.3) is 0 Å². The van der Waals surface area contributed by atoms with Crippen LogP contribution < -0.4 is 4.74 Å². The van der Waals surface area contributed by atoms with Crippen LogP contribution in [0.25, 0.3) is 0 Å². The number of aryl methyl sites for hydroxylation is 2. The van der Waals surface area contributed by atoms with Crippen molar-refractivity contribution in [3.8, 4) is 11.5 Å².